The maximum Gasteiger partial charge on any atom is 0.416 e. The highest BCUT2D eigenvalue weighted by Crippen LogP contribution is 2.47. The first kappa shape index (κ1) is 18.3. The highest BCUT2D eigenvalue weighted by Gasteiger charge is 2.44. The van der Waals surface area contributed by atoms with Crippen molar-refractivity contribution in [3.63, 3.8) is 0 Å². The molecule has 7 heteroatoms. The van der Waals surface area contributed by atoms with Gasteiger partial charge >= 0.3 is 12.1 Å². The molecule has 1 aliphatic rings. The Labute approximate surface area is 138 Å². The smallest absolute Gasteiger partial charge is 0.416 e. The average Bonchev–Trinajstić information content (AvgIpc) is 3.30. The Balaban J connectivity index is 1.70. The molecule has 0 bridgehead atoms. The zero-order valence-corrected chi connectivity index (χ0v) is 13.1. The largest absolute Gasteiger partial charge is 0.481 e. The van der Waals surface area contributed by atoms with Crippen LogP contribution in [0, 0.1) is 5.92 Å². The first-order chi connectivity index (χ1) is 11.3. The minimum absolute atomic E-state index is 0.0145. The van der Waals surface area contributed by atoms with Crippen molar-refractivity contribution in [2.45, 2.75) is 44.2 Å². The number of halogens is 3. The molecule has 0 radical (unpaired) electrons. The molecule has 4 nitrogen and oxygen atoms in total. The number of carboxylic acids is 1. The van der Waals surface area contributed by atoms with Crippen LogP contribution in [0.1, 0.15) is 49.1 Å². The monoisotopic (exact) mass is 343 g/mol. The highest BCUT2D eigenvalue weighted by molar-refractivity contribution is 5.82. The Morgan fingerprint density at radius 1 is 1.12 bits per heavy atom. The van der Waals surface area contributed by atoms with Crippen LogP contribution in [0.25, 0.3) is 0 Å². The Kier molecular flexibility index (Phi) is 5.85. The number of carboxylic acid groups (broad SMARTS) is 1. The molecule has 2 unspecified atom stereocenters. The number of nitrogens with one attached hydrogen (secondary N) is 1. The summed E-state index contributed by atoms with van der Waals surface area (Å²) in [6, 6.07) is 4.97. The molecule has 1 aromatic carbocycles. The summed E-state index contributed by atoms with van der Waals surface area (Å²) in [6.07, 6.45) is -1.53. The van der Waals surface area contributed by atoms with Crippen molar-refractivity contribution in [2.75, 3.05) is 6.54 Å². The molecule has 1 saturated carbocycles. The van der Waals surface area contributed by atoms with Crippen LogP contribution in [0.5, 0.6) is 0 Å². The predicted octanol–water partition coefficient (Wildman–Crippen LogP) is 3.57. The molecule has 1 fully saturated rings. The third kappa shape index (κ3) is 5.25. The second-order valence-corrected chi connectivity index (χ2v) is 6.06. The molecular weight excluding hydrogens is 323 g/mol. The van der Waals surface area contributed by atoms with Gasteiger partial charge in [0.15, 0.2) is 0 Å². The lowest BCUT2D eigenvalue weighted by molar-refractivity contribution is -0.138. The van der Waals surface area contributed by atoms with Crippen molar-refractivity contribution in [3.8, 4) is 0 Å². The summed E-state index contributed by atoms with van der Waals surface area (Å²) in [4.78, 5) is 22.3. The quantitative estimate of drug-likeness (QED) is 0.709. The molecule has 0 aromatic heterocycles. The van der Waals surface area contributed by atoms with E-state index in [1.165, 1.54) is 12.1 Å². The lowest BCUT2D eigenvalue weighted by atomic mass is 10.1. The lowest BCUT2D eigenvalue weighted by Crippen LogP contribution is -2.26. The Hall–Kier alpha value is -2.05. The van der Waals surface area contributed by atoms with Crippen molar-refractivity contribution in [1.29, 1.82) is 0 Å². The van der Waals surface area contributed by atoms with Gasteiger partial charge in [-0.05, 0) is 42.9 Å². The van der Waals surface area contributed by atoms with Crippen molar-refractivity contribution >= 4 is 11.9 Å². The number of amides is 1. The number of unbranched alkanes of at least 4 members (excludes halogenated alkanes) is 2. The summed E-state index contributed by atoms with van der Waals surface area (Å²) >= 11 is 0. The van der Waals surface area contributed by atoms with Crippen molar-refractivity contribution in [2.24, 2.45) is 5.92 Å². The Bertz CT molecular complexity index is 584. The van der Waals surface area contributed by atoms with Gasteiger partial charge in [-0.1, -0.05) is 18.6 Å². The summed E-state index contributed by atoms with van der Waals surface area (Å²) < 4.78 is 37.5. The summed E-state index contributed by atoms with van der Waals surface area (Å²) in [7, 11) is 0. The van der Waals surface area contributed by atoms with Gasteiger partial charge in [-0.15, -0.1) is 0 Å². The number of carbonyl (C=O) groups is 2. The van der Waals surface area contributed by atoms with E-state index in [4.69, 9.17) is 5.11 Å². The second-order valence-electron chi connectivity index (χ2n) is 6.06. The first-order valence-electron chi connectivity index (χ1n) is 7.95. The van der Waals surface area contributed by atoms with Gasteiger partial charge in [0.1, 0.15) is 0 Å². The van der Waals surface area contributed by atoms with E-state index in [-0.39, 0.29) is 24.2 Å². The molecule has 0 spiro atoms. The van der Waals surface area contributed by atoms with E-state index in [9.17, 15) is 22.8 Å². The van der Waals surface area contributed by atoms with Gasteiger partial charge in [-0.25, -0.2) is 0 Å². The van der Waals surface area contributed by atoms with Crippen LogP contribution < -0.4 is 5.32 Å². The minimum atomic E-state index is -4.35. The second kappa shape index (κ2) is 7.68. The van der Waals surface area contributed by atoms with Gasteiger partial charge in [0.25, 0.3) is 0 Å². The average molecular weight is 343 g/mol. The van der Waals surface area contributed by atoms with Crippen LogP contribution in [0.4, 0.5) is 13.2 Å². The maximum atomic E-state index is 12.5. The summed E-state index contributed by atoms with van der Waals surface area (Å²) in [5, 5.41) is 11.3. The molecule has 132 valence electrons. The molecule has 24 heavy (non-hydrogen) atoms. The molecule has 1 amide bonds. The van der Waals surface area contributed by atoms with E-state index in [1.807, 2.05) is 0 Å². The van der Waals surface area contributed by atoms with Gasteiger partial charge in [0.05, 0.1) is 5.56 Å². The number of aliphatic carboxylic acids is 1. The van der Waals surface area contributed by atoms with Gasteiger partial charge in [0, 0.05) is 18.9 Å². The maximum absolute atomic E-state index is 12.5. The van der Waals surface area contributed by atoms with E-state index >= 15 is 0 Å². The van der Waals surface area contributed by atoms with Crippen LogP contribution >= 0.6 is 0 Å². The fourth-order valence-corrected chi connectivity index (χ4v) is 2.69. The Morgan fingerprint density at radius 2 is 1.79 bits per heavy atom. The van der Waals surface area contributed by atoms with Crippen LogP contribution in [-0.4, -0.2) is 23.5 Å². The number of hydrogen-bond acceptors (Lipinski definition) is 2. The number of hydrogen-bond donors (Lipinski definition) is 2. The third-order valence-corrected chi connectivity index (χ3v) is 4.16. The van der Waals surface area contributed by atoms with Crippen molar-refractivity contribution in [1.82, 2.24) is 5.32 Å². The van der Waals surface area contributed by atoms with Gasteiger partial charge < -0.3 is 10.4 Å². The molecule has 0 saturated heterocycles. The van der Waals surface area contributed by atoms with Crippen LogP contribution in [0.3, 0.4) is 0 Å². The number of rotatable bonds is 8. The van der Waals surface area contributed by atoms with Gasteiger partial charge in [-0.2, -0.15) is 13.2 Å². The molecule has 1 aromatic rings. The zero-order valence-electron chi connectivity index (χ0n) is 13.1. The Morgan fingerprint density at radius 3 is 2.38 bits per heavy atom. The minimum Gasteiger partial charge on any atom is -0.481 e. The summed E-state index contributed by atoms with van der Waals surface area (Å²) in [5.41, 5.74) is 0.0684. The van der Waals surface area contributed by atoms with Crippen LogP contribution in [0.15, 0.2) is 24.3 Å². The molecule has 0 aliphatic heterocycles. The fourth-order valence-electron chi connectivity index (χ4n) is 2.69. The highest BCUT2D eigenvalue weighted by atomic mass is 19.4. The van der Waals surface area contributed by atoms with E-state index in [1.54, 1.807) is 0 Å². The third-order valence-electron chi connectivity index (χ3n) is 4.16. The SMILES string of the molecule is O=C(O)CCCCCNC(=O)C1CC1c1ccc(C(F)(F)F)cc1. The zero-order chi connectivity index (χ0) is 17.7. The van der Waals surface area contributed by atoms with Crippen LogP contribution in [-0.2, 0) is 15.8 Å². The molecular formula is C17H20F3NO3. The number of benzene rings is 1. The van der Waals surface area contributed by atoms with E-state index < -0.39 is 17.7 Å². The van der Waals surface area contributed by atoms with E-state index in [0.29, 0.717) is 19.4 Å². The number of alkyl halides is 3. The molecule has 1 aliphatic carbocycles. The molecule has 0 heterocycles. The molecule has 2 N–H and O–H groups in total. The predicted molar refractivity (Wildman–Crippen MR) is 81.4 cm³/mol. The summed E-state index contributed by atoms with van der Waals surface area (Å²) in [6.45, 7) is 0.495. The fraction of sp³-hybridized carbons (Fsp3) is 0.529. The van der Waals surface area contributed by atoms with E-state index in [0.717, 1.165) is 30.5 Å². The van der Waals surface area contributed by atoms with Gasteiger partial charge in [-0.3, -0.25) is 9.59 Å². The lowest BCUT2D eigenvalue weighted by Gasteiger charge is -2.08. The van der Waals surface area contributed by atoms with E-state index in [2.05, 4.69) is 5.32 Å². The molecule has 2 rings (SSSR count). The van der Waals surface area contributed by atoms with Crippen molar-refractivity contribution in [3.05, 3.63) is 35.4 Å². The molecule has 2 atom stereocenters. The van der Waals surface area contributed by atoms with Gasteiger partial charge in [0.2, 0.25) is 5.91 Å². The number of carbonyl (C=O) groups excluding carboxylic acids is 1. The normalized spacial score (nSPS) is 19.8. The summed E-state index contributed by atoms with van der Waals surface area (Å²) in [5.74, 6) is -1.10. The standard InChI is InChI=1S/C17H20F3NO3/c18-17(19,20)12-7-5-11(6-8-12)13-10-14(13)16(24)21-9-3-1-2-4-15(22)23/h5-8,13-14H,1-4,9-10H2,(H,21,24)(H,22,23). The topological polar surface area (TPSA) is 66.4 Å². The van der Waals surface area contributed by atoms with Crippen LogP contribution in [0.2, 0.25) is 0 Å². The van der Waals surface area contributed by atoms with Crippen molar-refractivity contribution < 1.29 is 27.9 Å². The first-order valence-corrected chi connectivity index (χ1v) is 7.95.